The van der Waals surface area contributed by atoms with Gasteiger partial charge in [0.25, 0.3) is 0 Å². The van der Waals surface area contributed by atoms with Gasteiger partial charge in [-0.25, -0.2) is 0 Å². The lowest BCUT2D eigenvalue weighted by atomic mass is 10.1. The normalized spacial score (nSPS) is 11.7. The topological polar surface area (TPSA) is 35.8 Å². The molecule has 0 spiro atoms. The molecule has 0 aromatic heterocycles. The van der Waals surface area contributed by atoms with Gasteiger partial charge in [0, 0.05) is 16.8 Å². The first-order valence-corrected chi connectivity index (χ1v) is 6.57. The van der Waals surface area contributed by atoms with Crippen LogP contribution in [0.25, 0.3) is 0 Å². The van der Waals surface area contributed by atoms with Crippen molar-refractivity contribution in [2.45, 2.75) is 13.0 Å². The number of hydrogen-bond donors (Lipinski definition) is 1. The highest BCUT2D eigenvalue weighted by molar-refractivity contribution is 6.31. The van der Waals surface area contributed by atoms with E-state index in [-0.39, 0.29) is 6.04 Å². The lowest BCUT2D eigenvalue weighted by Gasteiger charge is -2.16. The first-order chi connectivity index (χ1) is 9.10. The van der Waals surface area contributed by atoms with Gasteiger partial charge in [-0.15, -0.1) is 0 Å². The summed E-state index contributed by atoms with van der Waals surface area (Å²) in [4.78, 5) is 0. The van der Waals surface area contributed by atoms with Crippen LogP contribution in [0, 0.1) is 11.3 Å². The van der Waals surface area contributed by atoms with E-state index in [9.17, 15) is 0 Å². The quantitative estimate of drug-likeness (QED) is 0.860. The Labute approximate surface area is 122 Å². The molecule has 0 radical (unpaired) electrons. The fraction of sp³-hybridized carbons (Fsp3) is 0.133. The summed E-state index contributed by atoms with van der Waals surface area (Å²) in [7, 11) is 0. The molecular formula is C15H12Cl2N2. The Morgan fingerprint density at radius 1 is 1.16 bits per heavy atom. The number of halogens is 2. The molecular weight excluding hydrogens is 279 g/mol. The number of benzene rings is 2. The predicted octanol–water partition coefficient (Wildman–Crippen LogP) is 5.04. The van der Waals surface area contributed by atoms with Crippen LogP contribution in [0.5, 0.6) is 0 Å². The van der Waals surface area contributed by atoms with E-state index in [4.69, 9.17) is 28.5 Å². The highest BCUT2D eigenvalue weighted by Gasteiger charge is 2.07. The van der Waals surface area contributed by atoms with Crippen molar-refractivity contribution in [1.82, 2.24) is 0 Å². The molecule has 1 atom stereocenters. The number of rotatable bonds is 3. The second-order valence-corrected chi connectivity index (χ2v) is 5.07. The number of nitriles is 1. The lowest BCUT2D eigenvalue weighted by molar-refractivity contribution is 0.885. The molecule has 19 heavy (non-hydrogen) atoms. The summed E-state index contributed by atoms with van der Waals surface area (Å²) in [6.45, 7) is 2.03. The summed E-state index contributed by atoms with van der Waals surface area (Å²) >= 11 is 11.9. The lowest BCUT2D eigenvalue weighted by Crippen LogP contribution is -2.06. The Bertz CT molecular complexity index is 632. The molecule has 1 N–H and O–H groups in total. The van der Waals surface area contributed by atoms with E-state index in [1.54, 1.807) is 12.1 Å². The Kier molecular flexibility index (Phi) is 4.31. The van der Waals surface area contributed by atoms with Crippen molar-refractivity contribution in [2.75, 3.05) is 5.32 Å². The number of nitrogens with one attached hydrogen (secondary N) is 1. The molecule has 0 saturated carbocycles. The van der Waals surface area contributed by atoms with Gasteiger partial charge in [0.05, 0.1) is 10.6 Å². The average Bonchev–Trinajstić information content (AvgIpc) is 2.41. The van der Waals surface area contributed by atoms with Gasteiger partial charge in [-0.3, -0.25) is 0 Å². The first kappa shape index (κ1) is 13.7. The standard InChI is InChI=1S/C15H12Cl2N2/c1-10(11-3-2-4-13(16)7-11)19-14-5-6-15(17)12(8-14)9-18/h2-8,10,19H,1H3. The van der Waals surface area contributed by atoms with Gasteiger partial charge in [-0.1, -0.05) is 35.3 Å². The van der Waals surface area contributed by atoms with E-state index in [1.165, 1.54) is 0 Å². The molecule has 0 saturated heterocycles. The van der Waals surface area contributed by atoms with Gasteiger partial charge in [0.1, 0.15) is 6.07 Å². The van der Waals surface area contributed by atoms with Gasteiger partial charge in [-0.05, 0) is 42.8 Å². The van der Waals surface area contributed by atoms with E-state index in [2.05, 4.69) is 11.4 Å². The van der Waals surface area contributed by atoms with Crippen molar-refractivity contribution >= 4 is 28.9 Å². The Balaban J connectivity index is 2.20. The molecule has 0 fully saturated rings. The molecule has 2 rings (SSSR count). The molecule has 4 heteroatoms. The van der Waals surface area contributed by atoms with Crippen LogP contribution in [0.15, 0.2) is 42.5 Å². The molecule has 2 nitrogen and oxygen atoms in total. The second-order valence-electron chi connectivity index (χ2n) is 4.23. The smallest absolute Gasteiger partial charge is 0.101 e. The zero-order chi connectivity index (χ0) is 13.8. The van der Waals surface area contributed by atoms with E-state index < -0.39 is 0 Å². The van der Waals surface area contributed by atoms with Gasteiger partial charge in [0.2, 0.25) is 0 Å². The van der Waals surface area contributed by atoms with Gasteiger partial charge in [-0.2, -0.15) is 5.26 Å². The summed E-state index contributed by atoms with van der Waals surface area (Å²) in [5.41, 5.74) is 2.40. The summed E-state index contributed by atoms with van der Waals surface area (Å²) in [6, 6.07) is 15.1. The molecule has 0 heterocycles. The highest BCUT2D eigenvalue weighted by Crippen LogP contribution is 2.24. The maximum absolute atomic E-state index is 8.95. The third-order valence-electron chi connectivity index (χ3n) is 2.82. The Hall–Kier alpha value is -1.69. The van der Waals surface area contributed by atoms with Crippen LogP contribution < -0.4 is 5.32 Å². The van der Waals surface area contributed by atoms with Crippen LogP contribution in [0.4, 0.5) is 5.69 Å². The predicted molar refractivity (Wildman–Crippen MR) is 79.7 cm³/mol. The average molecular weight is 291 g/mol. The number of hydrogen-bond acceptors (Lipinski definition) is 2. The van der Waals surface area contributed by atoms with E-state index >= 15 is 0 Å². The minimum atomic E-state index is 0.0893. The van der Waals surface area contributed by atoms with Crippen molar-refractivity contribution in [2.24, 2.45) is 0 Å². The molecule has 96 valence electrons. The van der Waals surface area contributed by atoms with Crippen molar-refractivity contribution in [3.8, 4) is 6.07 Å². The maximum Gasteiger partial charge on any atom is 0.101 e. The molecule has 2 aromatic carbocycles. The van der Waals surface area contributed by atoms with Gasteiger partial charge >= 0.3 is 0 Å². The zero-order valence-corrected chi connectivity index (χ0v) is 11.8. The maximum atomic E-state index is 8.95. The van der Waals surface area contributed by atoms with Gasteiger partial charge < -0.3 is 5.32 Å². The van der Waals surface area contributed by atoms with Crippen molar-refractivity contribution in [1.29, 1.82) is 5.26 Å². The third-order valence-corrected chi connectivity index (χ3v) is 3.38. The van der Waals surface area contributed by atoms with Crippen LogP contribution in [-0.2, 0) is 0 Å². The highest BCUT2D eigenvalue weighted by atomic mass is 35.5. The van der Waals surface area contributed by atoms with Crippen LogP contribution in [0.1, 0.15) is 24.1 Å². The van der Waals surface area contributed by atoms with Crippen LogP contribution >= 0.6 is 23.2 Å². The molecule has 0 aliphatic carbocycles. The van der Waals surface area contributed by atoms with Crippen LogP contribution in [0.2, 0.25) is 10.0 Å². The minimum Gasteiger partial charge on any atom is -0.378 e. The Morgan fingerprint density at radius 2 is 1.95 bits per heavy atom. The summed E-state index contributed by atoms with van der Waals surface area (Å²) < 4.78 is 0. The second kappa shape index (κ2) is 5.97. The molecule has 1 unspecified atom stereocenters. The van der Waals surface area contributed by atoms with Crippen molar-refractivity contribution in [3.63, 3.8) is 0 Å². The van der Waals surface area contributed by atoms with E-state index in [0.717, 1.165) is 11.3 Å². The SMILES string of the molecule is CC(Nc1ccc(Cl)c(C#N)c1)c1cccc(Cl)c1. The molecule has 0 aliphatic rings. The largest absolute Gasteiger partial charge is 0.378 e. The molecule has 0 amide bonds. The monoisotopic (exact) mass is 290 g/mol. The summed E-state index contributed by atoms with van der Waals surface area (Å²) in [6.07, 6.45) is 0. The van der Waals surface area contributed by atoms with E-state index in [0.29, 0.717) is 15.6 Å². The minimum absolute atomic E-state index is 0.0893. The van der Waals surface area contributed by atoms with E-state index in [1.807, 2.05) is 37.3 Å². The summed E-state index contributed by atoms with van der Waals surface area (Å²) in [5.74, 6) is 0. The van der Waals surface area contributed by atoms with Crippen molar-refractivity contribution in [3.05, 3.63) is 63.6 Å². The fourth-order valence-electron chi connectivity index (χ4n) is 1.81. The van der Waals surface area contributed by atoms with Crippen LogP contribution in [0.3, 0.4) is 0 Å². The molecule has 0 bridgehead atoms. The fourth-order valence-corrected chi connectivity index (χ4v) is 2.17. The third kappa shape index (κ3) is 3.41. The first-order valence-electron chi connectivity index (χ1n) is 5.82. The number of anilines is 1. The van der Waals surface area contributed by atoms with Crippen LogP contribution in [-0.4, -0.2) is 0 Å². The summed E-state index contributed by atoms with van der Waals surface area (Å²) in [5, 5.41) is 13.4. The molecule has 2 aromatic rings. The number of nitrogens with zero attached hydrogens (tertiary/aromatic N) is 1. The van der Waals surface area contributed by atoms with Crippen molar-refractivity contribution < 1.29 is 0 Å². The molecule has 0 aliphatic heterocycles. The Morgan fingerprint density at radius 3 is 2.63 bits per heavy atom. The zero-order valence-electron chi connectivity index (χ0n) is 10.3. The van der Waals surface area contributed by atoms with Gasteiger partial charge in [0.15, 0.2) is 0 Å².